The second kappa shape index (κ2) is 5.13. The molecule has 1 aromatic heterocycles. The van der Waals surface area contributed by atoms with Gasteiger partial charge in [0.15, 0.2) is 0 Å². The molecular formula is C16H18N2. The molecule has 2 heterocycles. The van der Waals surface area contributed by atoms with E-state index in [9.17, 15) is 0 Å². The molecular weight excluding hydrogens is 220 g/mol. The highest BCUT2D eigenvalue weighted by Gasteiger charge is 2.19. The van der Waals surface area contributed by atoms with Crippen molar-refractivity contribution in [3.05, 3.63) is 60.5 Å². The summed E-state index contributed by atoms with van der Waals surface area (Å²) in [5, 5.41) is 4.64. The Morgan fingerprint density at radius 1 is 1.11 bits per heavy atom. The minimum atomic E-state index is 0.829. The van der Waals surface area contributed by atoms with Crippen molar-refractivity contribution < 1.29 is 0 Å². The lowest BCUT2D eigenvalue weighted by Crippen LogP contribution is -2.07. The molecule has 4 rings (SSSR count). The summed E-state index contributed by atoms with van der Waals surface area (Å²) >= 11 is 0. The fourth-order valence-corrected chi connectivity index (χ4v) is 2.54. The Kier molecular flexibility index (Phi) is 3.18. The average Bonchev–Trinajstić information content (AvgIpc) is 3.08. The van der Waals surface area contributed by atoms with E-state index in [2.05, 4.69) is 46.7 Å². The van der Waals surface area contributed by atoms with Crippen molar-refractivity contribution in [2.45, 2.75) is 12.8 Å². The van der Waals surface area contributed by atoms with Gasteiger partial charge in [-0.3, -0.25) is 0 Å². The molecule has 0 amide bonds. The first-order valence-corrected chi connectivity index (χ1v) is 6.56. The van der Waals surface area contributed by atoms with Crippen molar-refractivity contribution in [3.8, 4) is 0 Å². The summed E-state index contributed by atoms with van der Waals surface area (Å²) in [6.07, 6.45) is 11.1. The molecule has 1 aromatic carbocycles. The first kappa shape index (κ1) is 11.1. The first-order valence-electron chi connectivity index (χ1n) is 6.56. The Hall–Kier alpha value is -1.96. The van der Waals surface area contributed by atoms with Crippen LogP contribution in [0.3, 0.4) is 0 Å². The van der Waals surface area contributed by atoms with Gasteiger partial charge in [0.25, 0.3) is 0 Å². The highest BCUT2D eigenvalue weighted by Crippen LogP contribution is 2.25. The zero-order chi connectivity index (χ0) is 12.2. The van der Waals surface area contributed by atoms with E-state index in [1.54, 1.807) is 0 Å². The van der Waals surface area contributed by atoms with E-state index in [-0.39, 0.29) is 0 Å². The lowest BCUT2D eigenvalue weighted by Gasteiger charge is -2.10. The van der Waals surface area contributed by atoms with E-state index in [1.165, 1.54) is 36.0 Å². The number of H-pyrrole nitrogens is 1. The van der Waals surface area contributed by atoms with Gasteiger partial charge in [-0.05, 0) is 36.4 Å². The smallest absolute Gasteiger partial charge is 0.0453 e. The quantitative estimate of drug-likeness (QED) is 0.721. The topological polar surface area (TPSA) is 27.8 Å². The van der Waals surface area contributed by atoms with Crippen LogP contribution in [0.2, 0.25) is 0 Å². The molecule has 2 heteroatoms. The van der Waals surface area contributed by atoms with Crippen molar-refractivity contribution in [2.24, 2.45) is 5.92 Å². The van der Waals surface area contributed by atoms with Crippen LogP contribution in [-0.4, -0.2) is 11.5 Å². The van der Waals surface area contributed by atoms with Crippen LogP contribution in [0.1, 0.15) is 12.8 Å². The summed E-state index contributed by atoms with van der Waals surface area (Å²) in [7, 11) is 0. The molecule has 18 heavy (non-hydrogen) atoms. The number of aromatic amines is 1. The van der Waals surface area contributed by atoms with Crippen molar-refractivity contribution in [1.82, 2.24) is 10.3 Å². The van der Waals surface area contributed by atoms with Gasteiger partial charge in [-0.25, -0.2) is 0 Å². The van der Waals surface area contributed by atoms with Crippen molar-refractivity contribution in [2.75, 3.05) is 6.54 Å². The third-order valence-electron chi connectivity index (χ3n) is 3.56. The number of fused-ring (bicyclic) bond motifs is 2. The van der Waals surface area contributed by atoms with Crippen LogP contribution in [0.25, 0.3) is 10.9 Å². The Morgan fingerprint density at radius 2 is 2.06 bits per heavy atom. The molecule has 2 N–H and O–H groups in total. The van der Waals surface area contributed by atoms with Gasteiger partial charge in [0.05, 0.1) is 0 Å². The summed E-state index contributed by atoms with van der Waals surface area (Å²) in [6.45, 7) is 1.18. The number of para-hydroxylation sites is 1. The number of rotatable bonds is 0. The maximum atomic E-state index is 3.37. The largest absolute Gasteiger partial charge is 0.388 e. The molecule has 2 nitrogen and oxygen atoms in total. The predicted octanol–water partition coefficient (Wildman–Crippen LogP) is 3.61. The van der Waals surface area contributed by atoms with Crippen LogP contribution in [0, 0.1) is 5.92 Å². The summed E-state index contributed by atoms with van der Waals surface area (Å²) < 4.78 is 0. The maximum absolute atomic E-state index is 3.37. The van der Waals surface area contributed by atoms with Crippen molar-refractivity contribution in [3.63, 3.8) is 0 Å². The second-order valence-electron chi connectivity index (χ2n) is 4.76. The number of hydrogen-bond acceptors (Lipinski definition) is 1. The third-order valence-corrected chi connectivity index (χ3v) is 3.56. The standard InChI is InChI=1S/C8H11N.C8H7N/c2*1-2-4-8-7(3-1)5-6-9-8/h1-2,4,7,9H,3,5-6H2;1-6,9H. The molecule has 2 aromatic rings. The van der Waals surface area contributed by atoms with Gasteiger partial charge in [-0.15, -0.1) is 0 Å². The molecule has 1 fully saturated rings. The van der Waals surface area contributed by atoms with E-state index >= 15 is 0 Å². The van der Waals surface area contributed by atoms with Gasteiger partial charge in [-0.1, -0.05) is 30.4 Å². The lowest BCUT2D eigenvalue weighted by molar-refractivity contribution is 0.646. The molecule has 2 aliphatic rings. The second-order valence-corrected chi connectivity index (χ2v) is 4.76. The van der Waals surface area contributed by atoms with Gasteiger partial charge in [0.2, 0.25) is 0 Å². The van der Waals surface area contributed by atoms with Gasteiger partial charge < -0.3 is 10.3 Å². The molecule has 1 aliphatic heterocycles. The molecule has 1 unspecified atom stereocenters. The highest BCUT2D eigenvalue weighted by atomic mass is 14.9. The maximum Gasteiger partial charge on any atom is 0.0453 e. The number of nitrogens with one attached hydrogen (secondary N) is 2. The fraction of sp³-hybridized carbons (Fsp3) is 0.250. The van der Waals surface area contributed by atoms with Gasteiger partial charge in [0, 0.05) is 29.9 Å². The molecule has 1 saturated heterocycles. The number of allylic oxidation sites excluding steroid dienone is 4. The van der Waals surface area contributed by atoms with Crippen molar-refractivity contribution >= 4 is 10.9 Å². The molecule has 0 radical (unpaired) electrons. The summed E-state index contributed by atoms with van der Waals surface area (Å²) in [6, 6.07) is 10.3. The van der Waals surface area contributed by atoms with E-state index in [0.717, 1.165) is 5.92 Å². The molecule has 0 spiro atoms. The Balaban J connectivity index is 0.000000111. The highest BCUT2D eigenvalue weighted by molar-refractivity contribution is 5.78. The fourth-order valence-electron chi connectivity index (χ4n) is 2.54. The van der Waals surface area contributed by atoms with E-state index in [4.69, 9.17) is 0 Å². The Morgan fingerprint density at radius 3 is 2.94 bits per heavy atom. The summed E-state index contributed by atoms with van der Waals surface area (Å²) in [5.41, 5.74) is 2.66. The number of aromatic nitrogens is 1. The van der Waals surface area contributed by atoms with Crippen LogP contribution < -0.4 is 5.32 Å². The zero-order valence-electron chi connectivity index (χ0n) is 10.4. The Labute approximate surface area is 107 Å². The SMILES string of the molecule is C1=CCC2CCNC2=C1.c1ccc2[nH]ccc2c1. The number of hydrogen-bond donors (Lipinski definition) is 2. The molecule has 0 saturated carbocycles. The van der Waals surface area contributed by atoms with Crippen LogP contribution in [0.5, 0.6) is 0 Å². The van der Waals surface area contributed by atoms with Crippen LogP contribution in [-0.2, 0) is 0 Å². The van der Waals surface area contributed by atoms with E-state index in [1.807, 2.05) is 18.3 Å². The lowest BCUT2D eigenvalue weighted by atomic mass is 9.97. The predicted molar refractivity (Wildman–Crippen MR) is 76.2 cm³/mol. The van der Waals surface area contributed by atoms with Crippen LogP contribution in [0.4, 0.5) is 0 Å². The van der Waals surface area contributed by atoms with Crippen molar-refractivity contribution in [1.29, 1.82) is 0 Å². The van der Waals surface area contributed by atoms with E-state index < -0.39 is 0 Å². The molecule has 92 valence electrons. The normalized spacial score (nSPS) is 20.7. The van der Waals surface area contributed by atoms with Gasteiger partial charge >= 0.3 is 0 Å². The third kappa shape index (κ3) is 2.33. The van der Waals surface area contributed by atoms with Gasteiger partial charge in [-0.2, -0.15) is 0 Å². The Bertz CT molecular complexity index is 547. The van der Waals surface area contributed by atoms with Gasteiger partial charge in [0.1, 0.15) is 0 Å². The minimum Gasteiger partial charge on any atom is -0.388 e. The summed E-state index contributed by atoms with van der Waals surface area (Å²) in [5.74, 6) is 0.829. The number of benzene rings is 1. The average molecular weight is 238 g/mol. The van der Waals surface area contributed by atoms with Crippen LogP contribution in [0.15, 0.2) is 60.5 Å². The molecule has 1 aliphatic carbocycles. The molecule has 0 bridgehead atoms. The first-order chi connectivity index (χ1) is 8.93. The molecule has 1 atom stereocenters. The minimum absolute atomic E-state index is 0.829. The summed E-state index contributed by atoms with van der Waals surface area (Å²) in [4.78, 5) is 3.12. The zero-order valence-corrected chi connectivity index (χ0v) is 10.4. The van der Waals surface area contributed by atoms with Crippen LogP contribution >= 0.6 is 0 Å². The van der Waals surface area contributed by atoms with E-state index in [0.29, 0.717) is 0 Å². The monoisotopic (exact) mass is 238 g/mol.